The maximum atomic E-state index is 12.3. The van der Waals surface area contributed by atoms with Gasteiger partial charge in [0.25, 0.3) is 0 Å². The highest BCUT2D eigenvalue weighted by Crippen LogP contribution is 2.22. The highest BCUT2D eigenvalue weighted by Gasteiger charge is 2.13. The zero-order chi connectivity index (χ0) is 17.4. The fourth-order valence-electron chi connectivity index (χ4n) is 2.41. The van der Waals surface area contributed by atoms with E-state index in [0.29, 0.717) is 24.3 Å². The molecule has 2 aromatic carbocycles. The van der Waals surface area contributed by atoms with E-state index in [9.17, 15) is 13.2 Å². The molecule has 24 heavy (non-hydrogen) atoms. The monoisotopic (exact) mass is 346 g/mol. The molecule has 2 aromatic rings. The molecule has 0 fully saturated rings. The number of amides is 2. The highest BCUT2D eigenvalue weighted by molar-refractivity contribution is 7.91. The first kappa shape index (κ1) is 18.0. The minimum Gasteiger partial charge on any atom is -0.352 e. The molecule has 128 valence electrons. The molecule has 0 spiro atoms. The first-order chi connectivity index (χ1) is 11.5. The van der Waals surface area contributed by atoms with Crippen LogP contribution in [0.3, 0.4) is 0 Å². The summed E-state index contributed by atoms with van der Waals surface area (Å²) in [7, 11) is -3.27. The van der Waals surface area contributed by atoms with Crippen LogP contribution < -0.4 is 11.1 Å². The number of benzene rings is 2. The lowest BCUT2D eigenvalue weighted by molar-refractivity contribution is 0.248. The number of carbonyl (C=O) groups is 1. The van der Waals surface area contributed by atoms with Crippen LogP contribution in [0.2, 0.25) is 0 Å². The topological polar surface area (TPSA) is 89.3 Å². The van der Waals surface area contributed by atoms with E-state index in [2.05, 4.69) is 5.32 Å². The third-order valence-electron chi connectivity index (χ3n) is 3.71. The minimum atomic E-state index is -3.27. The fraction of sp³-hybridized carbons (Fsp3) is 0.278. The predicted octanol–water partition coefficient (Wildman–Crippen LogP) is 2.97. The molecule has 0 radical (unpaired) electrons. The lowest BCUT2D eigenvalue weighted by Gasteiger charge is -2.07. The molecule has 0 aliphatic carbocycles. The van der Waals surface area contributed by atoms with Gasteiger partial charge in [0.05, 0.1) is 10.6 Å². The van der Waals surface area contributed by atoms with Gasteiger partial charge in [0.15, 0.2) is 9.84 Å². The number of hydrogen-bond acceptors (Lipinski definition) is 3. The molecule has 2 rings (SSSR count). The van der Waals surface area contributed by atoms with Gasteiger partial charge >= 0.3 is 6.03 Å². The zero-order valence-electron chi connectivity index (χ0n) is 13.4. The summed E-state index contributed by atoms with van der Waals surface area (Å²) in [6, 6.07) is 16.3. The quantitative estimate of drug-likeness (QED) is 0.720. The molecular formula is C18H22N2O3S. The van der Waals surface area contributed by atoms with Crippen molar-refractivity contribution in [3.05, 3.63) is 54.6 Å². The van der Waals surface area contributed by atoms with Gasteiger partial charge in [-0.1, -0.05) is 48.9 Å². The summed E-state index contributed by atoms with van der Waals surface area (Å²) >= 11 is 0. The van der Waals surface area contributed by atoms with Crippen LogP contribution in [0, 0.1) is 0 Å². The van der Waals surface area contributed by atoms with Crippen LogP contribution in [0.4, 0.5) is 4.79 Å². The Morgan fingerprint density at radius 3 is 2.12 bits per heavy atom. The molecule has 0 aliphatic heterocycles. The molecule has 0 bridgehead atoms. The van der Waals surface area contributed by atoms with Crippen LogP contribution in [-0.2, 0) is 9.84 Å². The number of unbranched alkanes of at least 4 members (excludes halogenated alkanes) is 2. The molecule has 2 amide bonds. The number of primary amides is 1. The molecule has 5 nitrogen and oxygen atoms in total. The molecule has 0 atom stereocenters. The van der Waals surface area contributed by atoms with Gasteiger partial charge in [-0.05, 0) is 36.1 Å². The number of urea groups is 1. The minimum absolute atomic E-state index is 0.105. The van der Waals surface area contributed by atoms with Gasteiger partial charge in [-0.2, -0.15) is 0 Å². The number of hydrogen-bond donors (Lipinski definition) is 2. The standard InChI is InChI=1S/C18H22N2O3S/c19-18(21)20-13-5-2-6-14-24(22,23)17-11-9-16(10-12-17)15-7-3-1-4-8-15/h1,3-4,7-12H,2,5-6,13-14H2,(H3,19,20,21). The Labute approximate surface area is 142 Å². The summed E-state index contributed by atoms with van der Waals surface area (Å²) < 4.78 is 24.7. The van der Waals surface area contributed by atoms with Crippen molar-refractivity contribution in [1.29, 1.82) is 0 Å². The van der Waals surface area contributed by atoms with E-state index in [-0.39, 0.29) is 5.75 Å². The lowest BCUT2D eigenvalue weighted by Crippen LogP contribution is -2.30. The second-order valence-corrected chi connectivity index (χ2v) is 7.67. The van der Waals surface area contributed by atoms with E-state index in [1.54, 1.807) is 12.1 Å². The normalized spacial score (nSPS) is 11.2. The zero-order valence-corrected chi connectivity index (χ0v) is 14.3. The Bertz CT molecular complexity index is 757. The van der Waals surface area contributed by atoms with Crippen LogP contribution in [0.1, 0.15) is 19.3 Å². The van der Waals surface area contributed by atoms with Crippen molar-refractivity contribution in [3.63, 3.8) is 0 Å². The summed E-state index contributed by atoms with van der Waals surface area (Å²) in [5.41, 5.74) is 7.01. The van der Waals surface area contributed by atoms with Crippen molar-refractivity contribution in [1.82, 2.24) is 5.32 Å². The summed E-state index contributed by atoms with van der Waals surface area (Å²) in [4.78, 5) is 10.9. The van der Waals surface area contributed by atoms with Gasteiger partial charge < -0.3 is 11.1 Å². The molecule has 0 saturated carbocycles. The fourth-order valence-corrected chi connectivity index (χ4v) is 3.78. The second kappa shape index (κ2) is 8.49. The highest BCUT2D eigenvalue weighted by atomic mass is 32.2. The number of sulfone groups is 1. The van der Waals surface area contributed by atoms with Crippen molar-refractivity contribution < 1.29 is 13.2 Å². The maximum absolute atomic E-state index is 12.3. The number of nitrogens with one attached hydrogen (secondary N) is 1. The van der Waals surface area contributed by atoms with Gasteiger partial charge in [0.2, 0.25) is 0 Å². The van der Waals surface area contributed by atoms with Crippen molar-refractivity contribution >= 4 is 15.9 Å². The van der Waals surface area contributed by atoms with E-state index >= 15 is 0 Å². The summed E-state index contributed by atoms with van der Waals surface area (Å²) in [6.45, 7) is 0.473. The third kappa shape index (κ3) is 5.38. The Kier molecular flexibility index (Phi) is 6.37. The van der Waals surface area contributed by atoms with E-state index in [1.807, 2.05) is 42.5 Å². The number of carbonyl (C=O) groups excluding carboxylic acids is 1. The molecule has 0 saturated heterocycles. The molecular weight excluding hydrogens is 324 g/mol. The Hall–Kier alpha value is -2.34. The molecule has 0 aromatic heterocycles. The van der Waals surface area contributed by atoms with Crippen molar-refractivity contribution in [2.75, 3.05) is 12.3 Å². The van der Waals surface area contributed by atoms with E-state index in [4.69, 9.17) is 5.73 Å². The second-order valence-electron chi connectivity index (χ2n) is 5.56. The van der Waals surface area contributed by atoms with E-state index in [0.717, 1.165) is 17.5 Å². The van der Waals surface area contributed by atoms with Crippen molar-refractivity contribution in [2.24, 2.45) is 5.73 Å². The maximum Gasteiger partial charge on any atom is 0.312 e. The first-order valence-electron chi connectivity index (χ1n) is 7.90. The number of nitrogens with two attached hydrogens (primary N) is 1. The van der Waals surface area contributed by atoms with Gasteiger partial charge in [-0.25, -0.2) is 13.2 Å². The van der Waals surface area contributed by atoms with Crippen LogP contribution in [-0.4, -0.2) is 26.7 Å². The summed E-state index contributed by atoms with van der Waals surface area (Å²) in [5, 5.41) is 2.49. The molecule has 0 aliphatic rings. The third-order valence-corrected chi connectivity index (χ3v) is 5.53. The predicted molar refractivity (Wildman–Crippen MR) is 95.4 cm³/mol. The van der Waals surface area contributed by atoms with Crippen LogP contribution in [0.5, 0.6) is 0 Å². The molecule has 3 N–H and O–H groups in total. The largest absolute Gasteiger partial charge is 0.352 e. The van der Waals surface area contributed by atoms with E-state index in [1.165, 1.54) is 0 Å². The average Bonchev–Trinajstić information content (AvgIpc) is 2.58. The smallest absolute Gasteiger partial charge is 0.312 e. The SMILES string of the molecule is NC(=O)NCCCCCS(=O)(=O)c1ccc(-c2ccccc2)cc1. The Morgan fingerprint density at radius 1 is 0.875 bits per heavy atom. The Morgan fingerprint density at radius 2 is 1.50 bits per heavy atom. The lowest BCUT2D eigenvalue weighted by atomic mass is 10.1. The first-order valence-corrected chi connectivity index (χ1v) is 9.56. The summed E-state index contributed by atoms with van der Waals surface area (Å²) in [5.74, 6) is 0.105. The molecule has 0 unspecified atom stereocenters. The average molecular weight is 346 g/mol. The number of rotatable bonds is 8. The van der Waals surface area contributed by atoms with Gasteiger partial charge in [0, 0.05) is 6.54 Å². The van der Waals surface area contributed by atoms with Gasteiger partial charge in [0.1, 0.15) is 0 Å². The molecule has 0 heterocycles. The molecule has 6 heteroatoms. The van der Waals surface area contributed by atoms with Crippen molar-refractivity contribution in [3.8, 4) is 11.1 Å². The van der Waals surface area contributed by atoms with Crippen LogP contribution in [0.25, 0.3) is 11.1 Å². The van der Waals surface area contributed by atoms with Gasteiger partial charge in [-0.3, -0.25) is 0 Å². The van der Waals surface area contributed by atoms with Crippen LogP contribution >= 0.6 is 0 Å². The summed E-state index contributed by atoms with van der Waals surface area (Å²) in [6.07, 6.45) is 2.00. The van der Waals surface area contributed by atoms with Crippen molar-refractivity contribution in [2.45, 2.75) is 24.2 Å². The van der Waals surface area contributed by atoms with E-state index < -0.39 is 15.9 Å². The Balaban J connectivity index is 1.89. The van der Waals surface area contributed by atoms with Crippen LogP contribution in [0.15, 0.2) is 59.5 Å². The van der Waals surface area contributed by atoms with Gasteiger partial charge in [-0.15, -0.1) is 0 Å².